The van der Waals surface area contributed by atoms with Crippen LogP contribution in [0.5, 0.6) is 11.5 Å². The van der Waals surface area contributed by atoms with E-state index in [-0.39, 0.29) is 10.8 Å². The molecule has 0 saturated carbocycles. The number of hydrogen-bond acceptors (Lipinski definition) is 2. The molecule has 0 aliphatic carbocycles. The maximum absolute atomic E-state index is 6.55. The lowest BCUT2D eigenvalue weighted by Gasteiger charge is -2.30. The average molecular weight is 447 g/mol. The van der Waals surface area contributed by atoms with Crippen LogP contribution in [0.3, 0.4) is 0 Å². The minimum absolute atomic E-state index is 0.00135. The van der Waals surface area contributed by atoms with Crippen LogP contribution in [0.1, 0.15) is 132 Å². The molecule has 1 aromatic carbocycles. The van der Waals surface area contributed by atoms with Gasteiger partial charge in [-0.25, -0.2) is 0 Å². The fourth-order valence-corrected chi connectivity index (χ4v) is 4.18. The third-order valence-corrected chi connectivity index (χ3v) is 6.73. The lowest BCUT2D eigenvalue weighted by Crippen LogP contribution is -2.21. The largest absolute Gasteiger partial charge is 0.493 e. The molecular weight excluding hydrogens is 392 g/mol. The summed E-state index contributed by atoms with van der Waals surface area (Å²) in [4.78, 5) is 0. The van der Waals surface area contributed by atoms with Crippen LogP contribution in [-0.2, 0) is 10.8 Å². The standard InChI is InChI=1S/C30H54O2/c1-11-15-17-23(13-3)21-31-27-19-26(30(8,9)10)28(20-25(27)29(5,6)7)32-22-24(14-4)18-16-12-2/h19-20,23-24H,11-18,21-22H2,1-10H3. The molecule has 0 N–H and O–H groups in total. The maximum atomic E-state index is 6.55. The van der Waals surface area contributed by atoms with Gasteiger partial charge in [-0.1, -0.05) is 108 Å². The van der Waals surface area contributed by atoms with Gasteiger partial charge in [-0.05, 0) is 47.6 Å². The zero-order valence-corrected chi connectivity index (χ0v) is 23.2. The number of ether oxygens (including phenoxy) is 2. The highest BCUT2D eigenvalue weighted by molar-refractivity contribution is 5.51. The second-order valence-electron chi connectivity index (χ2n) is 11.8. The average Bonchev–Trinajstić information content (AvgIpc) is 2.72. The van der Waals surface area contributed by atoms with Crippen molar-refractivity contribution < 1.29 is 9.47 Å². The Balaban J connectivity index is 3.25. The smallest absolute Gasteiger partial charge is 0.123 e. The third-order valence-electron chi connectivity index (χ3n) is 6.73. The molecule has 2 unspecified atom stereocenters. The first-order valence-electron chi connectivity index (χ1n) is 13.4. The van der Waals surface area contributed by atoms with Crippen LogP contribution >= 0.6 is 0 Å². The molecule has 32 heavy (non-hydrogen) atoms. The number of rotatable bonds is 14. The van der Waals surface area contributed by atoms with Gasteiger partial charge in [0.25, 0.3) is 0 Å². The SMILES string of the molecule is CCCCC(CC)COc1cc(C(C)(C)C)c(OCC(CC)CCCC)cc1C(C)(C)C. The first-order valence-corrected chi connectivity index (χ1v) is 13.4. The summed E-state index contributed by atoms with van der Waals surface area (Å²) in [6, 6.07) is 4.57. The van der Waals surface area contributed by atoms with Gasteiger partial charge in [0.15, 0.2) is 0 Å². The van der Waals surface area contributed by atoms with Gasteiger partial charge in [0, 0.05) is 11.1 Å². The highest BCUT2D eigenvalue weighted by atomic mass is 16.5. The van der Waals surface area contributed by atoms with Crippen LogP contribution in [0, 0.1) is 11.8 Å². The summed E-state index contributed by atoms with van der Waals surface area (Å²) in [5.74, 6) is 3.34. The van der Waals surface area contributed by atoms with Gasteiger partial charge in [-0.2, -0.15) is 0 Å². The normalized spacial score (nSPS) is 14.3. The van der Waals surface area contributed by atoms with Gasteiger partial charge in [0.1, 0.15) is 11.5 Å². The zero-order chi connectivity index (χ0) is 24.4. The van der Waals surface area contributed by atoms with Crippen molar-refractivity contribution in [3.63, 3.8) is 0 Å². The lowest BCUT2D eigenvalue weighted by molar-refractivity contribution is 0.220. The second-order valence-corrected chi connectivity index (χ2v) is 11.8. The predicted octanol–water partition coefficient (Wildman–Crippen LogP) is 9.47. The lowest BCUT2D eigenvalue weighted by atomic mass is 9.80. The van der Waals surface area contributed by atoms with Crippen LogP contribution in [0.4, 0.5) is 0 Å². The van der Waals surface area contributed by atoms with E-state index in [0.717, 1.165) is 24.7 Å². The van der Waals surface area contributed by atoms with Crippen molar-refractivity contribution in [3.05, 3.63) is 23.3 Å². The Labute approximate surface area is 200 Å². The summed E-state index contributed by atoms with van der Waals surface area (Å²) in [5, 5.41) is 0. The molecule has 0 amide bonds. The number of benzene rings is 1. The topological polar surface area (TPSA) is 18.5 Å². The van der Waals surface area contributed by atoms with Crippen molar-refractivity contribution in [3.8, 4) is 11.5 Å². The van der Waals surface area contributed by atoms with E-state index in [4.69, 9.17) is 9.47 Å². The van der Waals surface area contributed by atoms with Gasteiger partial charge < -0.3 is 9.47 Å². The summed E-state index contributed by atoms with van der Waals surface area (Å²) in [5.41, 5.74) is 2.52. The molecular formula is C30H54O2. The van der Waals surface area contributed by atoms with Crippen LogP contribution in [0.2, 0.25) is 0 Å². The minimum atomic E-state index is 0.00135. The molecule has 0 fully saturated rings. The molecule has 0 saturated heterocycles. The van der Waals surface area contributed by atoms with Gasteiger partial charge in [0.05, 0.1) is 13.2 Å². The fourth-order valence-electron chi connectivity index (χ4n) is 4.18. The van der Waals surface area contributed by atoms with Gasteiger partial charge >= 0.3 is 0 Å². The summed E-state index contributed by atoms with van der Waals surface area (Å²) in [6.45, 7) is 24.4. The summed E-state index contributed by atoms with van der Waals surface area (Å²) in [7, 11) is 0. The highest BCUT2D eigenvalue weighted by Gasteiger charge is 2.27. The van der Waals surface area contributed by atoms with Crippen molar-refractivity contribution in [2.45, 2.75) is 131 Å². The predicted molar refractivity (Wildman–Crippen MR) is 141 cm³/mol. The van der Waals surface area contributed by atoms with E-state index in [0.29, 0.717) is 11.8 Å². The fraction of sp³-hybridized carbons (Fsp3) is 0.800. The molecule has 2 atom stereocenters. The number of hydrogen-bond donors (Lipinski definition) is 0. The molecule has 0 radical (unpaired) electrons. The van der Waals surface area contributed by atoms with Crippen LogP contribution in [0.25, 0.3) is 0 Å². The monoisotopic (exact) mass is 446 g/mol. The molecule has 0 bridgehead atoms. The van der Waals surface area contributed by atoms with E-state index in [2.05, 4.69) is 81.4 Å². The Morgan fingerprint density at radius 1 is 0.625 bits per heavy atom. The molecule has 0 aliphatic heterocycles. The summed E-state index contributed by atoms with van der Waals surface area (Å²) in [6.07, 6.45) is 9.92. The van der Waals surface area contributed by atoms with Crippen molar-refractivity contribution in [2.75, 3.05) is 13.2 Å². The first kappa shape index (κ1) is 28.9. The molecule has 0 aliphatic rings. The van der Waals surface area contributed by atoms with E-state index in [1.54, 1.807) is 0 Å². The van der Waals surface area contributed by atoms with Crippen LogP contribution in [0.15, 0.2) is 12.1 Å². The Kier molecular flexibility index (Phi) is 12.2. The van der Waals surface area contributed by atoms with E-state index in [9.17, 15) is 0 Å². The minimum Gasteiger partial charge on any atom is -0.493 e. The Bertz CT molecular complexity index is 590. The Hall–Kier alpha value is -1.18. The molecule has 0 spiro atoms. The molecule has 1 rings (SSSR count). The molecule has 1 aromatic rings. The molecule has 0 aromatic heterocycles. The van der Waals surface area contributed by atoms with E-state index >= 15 is 0 Å². The van der Waals surface area contributed by atoms with Gasteiger partial charge in [-0.15, -0.1) is 0 Å². The van der Waals surface area contributed by atoms with Crippen molar-refractivity contribution in [1.29, 1.82) is 0 Å². The van der Waals surface area contributed by atoms with E-state index < -0.39 is 0 Å². The molecule has 186 valence electrons. The van der Waals surface area contributed by atoms with E-state index in [1.165, 1.54) is 62.5 Å². The van der Waals surface area contributed by atoms with Crippen molar-refractivity contribution in [1.82, 2.24) is 0 Å². The van der Waals surface area contributed by atoms with Crippen LogP contribution < -0.4 is 9.47 Å². The number of unbranched alkanes of at least 4 members (excludes halogenated alkanes) is 2. The highest BCUT2D eigenvalue weighted by Crippen LogP contribution is 2.42. The molecule has 2 nitrogen and oxygen atoms in total. The van der Waals surface area contributed by atoms with Crippen molar-refractivity contribution >= 4 is 0 Å². The Morgan fingerprint density at radius 2 is 0.969 bits per heavy atom. The second kappa shape index (κ2) is 13.5. The van der Waals surface area contributed by atoms with Crippen molar-refractivity contribution in [2.24, 2.45) is 11.8 Å². The quantitative estimate of drug-likeness (QED) is 0.283. The molecule has 2 heteroatoms. The van der Waals surface area contributed by atoms with Gasteiger partial charge in [0.2, 0.25) is 0 Å². The first-order chi connectivity index (χ1) is 15.0. The van der Waals surface area contributed by atoms with Crippen LogP contribution in [-0.4, -0.2) is 13.2 Å². The maximum Gasteiger partial charge on any atom is 0.123 e. The summed E-state index contributed by atoms with van der Waals surface area (Å²) < 4.78 is 13.1. The zero-order valence-electron chi connectivity index (χ0n) is 23.2. The summed E-state index contributed by atoms with van der Waals surface area (Å²) >= 11 is 0. The third kappa shape index (κ3) is 9.36. The van der Waals surface area contributed by atoms with Gasteiger partial charge in [-0.3, -0.25) is 0 Å². The molecule has 0 heterocycles. The van der Waals surface area contributed by atoms with E-state index in [1.807, 2.05) is 0 Å². The Morgan fingerprint density at radius 3 is 1.22 bits per heavy atom.